The third-order valence-electron chi connectivity index (χ3n) is 1.89. The molecular weight excluding hydrogens is 265 g/mol. The van der Waals surface area contributed by atoms with Gasteiger partial charge in [-0.2, -0.15) is 0 Å². The van der Waals surface area contributed by atoms with E-state index in [-0.39, 0.29) is 16.0 Å². The van der Waals surface area contributed by atoms with E-state index in [0.717, 1.165) is 5.01 Å². The fourth-order valence-electron chi connectivity index (χ4n) is 1.16. The molecule has 0 aliphatic heterocycles. The SMILES string of the molecule is CNCc1nnc(Oc2cccc(Cl)c2F)s1. The quantitative estimate of drug-likeness (QED) is 0.930. The first-order chi connectivity index (χ1) is 8.20. The molecule has 90 valence electrons. The Labute approximate surface area is 106 Å². The van der Waals surface area contributed by atoms with E-state index in [1.54, 1.807) is 13.1 Å². The van der Waals surface area contributed by atoms with E-state index in [4.69, 9.17) is 16.3 Å². The molecule has 0 bridgehead atoms. The predicted molar refractivity (Wildman–Crippen MR) is 64.2 cm³/mol. The summed E-state index contributed by atoms with van der Waals surface area (Å²) < 4.78 is 18.8. The van der Waals surface area contributed by atoms with Crippen molar-refractivity contribution in [3.05, 3.63) is 34.0 Å². The number of nitrogens with one attached hydrogen (secondary N) is 1. The van der Waals surface area contributed by atoms with E-state index in [0.29, 0.717) is 6.54 Å². The summed E-state index contributed by atoms with van der Waals surface area (Å²) in [6, 6.07) is 4.55. The molecule has 1 N–H and O–H groups in total. The third-order valence-corrected chi connectivity index (χ3v) is 2.98. The lowest BCUT2D eigenvalue weighted by Gasteiger charge is -2.02. The molecule has 0 saturated heterocycles. The molecule has 0 radical (unpaired) electrons. The van der Waals surface area contributed by atoms with Crippen molar-refractivity contribution in [3.8, 4) is 10.9 Å². The van der Waals surface area contributed by atoms with Gasteiger partial charge in [0.2, 0.25) is 0 Å². The van der Waals surface area contributed by atoms with Crippen LogP contribution in [-0.2, 0) is 6.54 Å². The number of halogens is 2. The first-order valence-corrected chi connectivity index (χ1v) is 5.99. The Balaban J connectivity index is 2.16. The molecule has 17 heavy (non-hydrogen) atoms. The molecule has 0 saturated carbocycles. The summed E-state index contributed by atoms with van der Waals surface area (Å²) in [5.41, 5.74) is 0. The van der Waals surface area contributed by atoms with Crippen molar-refractivity contribution in [3.63, 3.8) is 0 Å². The normalized spacial score (nSPS) is 10.5. The van der Waals surface area contributed by atoms with Gasteiger partial charge in [-0.05, 0) is 19.2 Å². The van der Waals surface area contributed by atoms with Crippen LogP contribution in [0.1, 0.15) is 5.01 Å². The van der Waals surface area contributed by atoms with E-state index < -0.39 is 5.82 Å². The van der Waals surface area contributed by atoms with Gasteiger partial charge in [0.15, 0.2) is 11.6 Å². The molecule has 4 nitrogen and oxygen atoms in total. The molecule has 1 aromatic carbocycles. The molecule has 1 heterocycles. The number of ether oxygens (including phenoxy) is 1. The Kier molecular flexibility index (Phi) is 3.88. The fraction of sp³-hybridized carbons (Fsp3) is 0.200. The average Bonchev–Trinajstić information content (AvgIpc) is 2.73. The van der Waals surface area contributed by atoms with Gasteiger partial charge in [0.05, 0.1) is 5.02 Å². The van der Waals surface area contributed by atoms with Crippen molar-refractivity contribution in [2.75, 3.05) is 7.05 Å². The lowest BCUT2D eigenvalue weighted by Crippen LogP contribution is -2.04. The Morgan fingerprint density at radius 2 is 2.29 bits per heavy atom. The molecule has 0 aliphatic carbocycles. The average molecular weight is 274 g/mol. The predicted octanol–water partition coefficient (Wildman–Crippen LogP) is 2.84. The van der Waals surface area contributed by atoms with Crippen molar-refractivity contribution in [1.29, 1.82) is 0 Å². The number of nitrogens with zero attached hydrogens (tertiary/aromatic N) is 2. The first kappa shape index (κ1) is 12.2. The zero-order valence-corrected chi connectivity index (χ0v) is 10.5. The van der Waals surface area contributed by atoms with Crippen LogP contribution in [0.4, 0.5) is 4.39 Å². The van der Waals surface area contributed by atoms with Gasteiger partial charge in [-0.3, -0.25) is 0 Å². The molecule has 7 heteroatoms. The van der Waals surface area contributed by atoms with E-state index in [1.165, 1.54) is 23.5 Å². The maximum Gasteiger partial charge on any atom is 0.299 e. The Morgan fingerprint density at radius 1 is 1.47 bits per heavy atom. The van der Waals surface area contributed by atoms with E-state index in [1.807, 2.05) is 0 Å². The van der Waals surface area contributed by atoms with Crippen LogP contribution in [0.3, 0.4) is 0 Å². The minimum absolute atomic E-state index is 0.0162. The number of benzene rings is 1. The summed E-state index contributed by atoms with van der Waals surface area (Å²) >= 11 is 6.89. The van der Waals surface area contributed by atoms with Crippen molar-refractivity contribution in [2.24, 2.45) is 0 Å². The van der Waals surface area contributed by atoms with Crippen molar-refractivity contribution >= 4 is 22.9 Å². The van der Waals surface area contributed by atoms with Gasteiger partial charge in [-0.1, -0.05) is 34.1 Å². The summed E-state index contributed by atoms with van der Waals surface area (Å²) in [5, 5.41) is 11.7. The fourth-order valence-corrected chi connectivity index (χ4v) is 2.04. The second-order valence-electron chi connectivity index (χ2n) is 3.15. The van der Waals surface area contributed by atoms with Crippen LogP contribution in [0.25, 0.3) is 0 Å². The van der Waals surface area contributed by atoms with Gasteiger partial charge in [0.1, 0.15) is 5.01 Å². The second kappa shape index (κ2) is 5.39. The number of hydrogen-bond acceptors (Lipinski definition) is 5. The molecule has 2 aromatic rings. The summed E-state index contributed by atoms with van der Waals surface area (Å²) in [7, 11) is 1.80. The highest BCUT2D eigenvalue weighted by Crippen LogP contribution is 2.30. The van der Waals surface area contributed by atoms with Crippen molar-refractivity contribution < 1.29 is 9.13 Å². The van der Waals surface area contributed by atoms with Gasteiger partial charge >= 0.3 is 0 Å². The highest BCUT2D eigenvalue weighted by Gasteiger charge is 2.11. The van der Waals surface area contributed by atoms with Crippen molar-refractivity contribution in [1.82, 2.24) is 15.5 Å². The van der Waals surface area contributed by atoms with Crippen LogP contribution in [0.5, 0.6) is 10.9 Å². The van der Waals surface area contributed by atoms with Gasteiger partial charge in [-0.25, -0.2) is 4.39 Å². The Hall–Kier alpha value is -1.24. The molecule has 0 aliphatic rings. The van der Waals surface area contributed by atoms with Gasteiger partial charge in [0, 0.05) is 6.54 Å². The van der Waals surface area contributed by atoms with Crippen molar-refractivity contribution in [2.45, 2.75) is 6.54 Å². The zero-order valence-electron chi connectivity index (χ0n) is 8.91. The third kappa shape index (κ3) is 2.91. The van der Waals surface area contributed by atoms with E-state index >= 15 is 0 Å². The molecule has 0 unspecified atom stereocenters. The topological polar surface area (TPSA) is 47.0 Å². The monoisotopic (exact) mass is 273 g/mol. The summed E-state index contributed by atoms with van der Waals surface area (Å²) in [6.45, 7) is 0.596. The van der Waals surface area contributed by atoms with E-state index in [9.17, 15) is 4.39 Å². The van der Waals surface area contributed by atoms with Gasteiger partial charge in [0.25, 0.3) is 5.19 Å². The van der Waals surface area contributed by atoms with Crippen LogP contribution in [0.2, 0.25) is 5.02 Å². The first-order valence-electron chi connectivity index (χ1n) is 4.79. The molecular formula is C10H9ClFN3OS. The number of hydrogen-bond donors (Lipinski definition) is 1. The standard InChI is InChI=1S/C10H9ClFN3OS/c1-13-5-8-14-15-10(17-8)16-7-4-2-3-6(11)9(7)12/h2-4,13H,5H2,1H3. The minimum Gasteiger partial charge on any atom is -0.427 e. The number of rotatable bonds is 4. The molecule has 0 spiro atoms. The summed E-state index contributed by atoms with van der Waals surface area (Å²) in [6.07, 6.45) is 0. The highest BCUT2D eigenvalue weighted by atomic mass is 35.5. The van der Waals surface area contributed by atoms with Crippen LogP contribution in [-0.4, -0.2) is 17.2 Å². The van der Waals surface area contributed by atoms with E-state index in [2.05, 4.69) is 15.5 Å². The Morgan fingerprint density at radius 3 is 3.06 bits per heavy atom. The van der Waals surface area contributed by atoms with Crippen LogP contribution >= 0.6 is 22.9 Å². The highest BCUT2D eigenvalue weighted by molar-refractivity contribution is 7.13. The Bertz CT molecular complexity index is 520. The van der Waals surface area contributed by atoms with Gasteiger partial charge < -0.3 is 10.1 Å². The largest absolute Gasteiger partial charge is 0.427 e. The molecule has 0 amide bonds. The summed E-state index contributed by atoms with van der Waals surface area (Å²) in [5.74, 6) is -0.552. The second-order valence-corrected chi connectivity index (χ2v) is 4.58. The molecule has 2 rings (SSSR count). The minimum atomic E-state index is -0.598. The number of aromatic nitrogens is 2. The zero-order chi connectivity index (χ0) is 12.3. The maximum atomic E-state index is 13.5. The molecule has 0 atom stereocenters. The maximum absolute atomic E-state index is 13.5. The van der Waals surface area contributed by atoms with Crippen LogP contribution in [0, 0.1) is 5.82 Å². The molecule has 0 fully saturated rings. The summed E-state index contributed by atoms with van der Waals surface area (Å²) in [4.78, 5) is 0. The van der Waals surface area contributed by atoms with Gasteiger partial charge in [-0.15, -0.1) is 5.10 Å². The lowest BCUT2D eigenvalue weighted by molar-refractivity contribution is 0.436. The van der Waals surface area contributed by atoms with Crippen LogP contribution < -0.4 is 10.1 Å². The smallest absolute Gasteiger partial charge is 0.299 e. The lowest BCUT2D eigenvalue weighted by atomic mass is 10.3. The molecule has 1 aromatic heterocycles. The van der Waals surface area contributed by atoms with Crippen LogP contribution in [0.15, 0.2) is 18.2 Å².